The van der Waals surface area contributed by atoms with Gasteiger partial charge in [-0.05, 0) is 60.4 Å². The monoisotopic (exact) mass is 739 g/mol. The lowest BCUT2D eigenvalue weighted by molar-refractivity contribution is -0.138. The number of unbranched alkanes of at least 4 members (excludes halogenated alkanes) is 5. The molecule has 2 aromatic heterocycles. The minimum absolute atomic E-state index is 0.0202. The van der Waals surface area contributed by atoms with Crippen LogP contribution in [0, 0.1) is 5.13 Å². The third-order valence-electron chi connectivity index (χ3n) is 7.49. The van der Waals surface area contributed by atoms with E-state index in [0.29, 0.717) is 22.7 Å². The molecule has 0 aliphatic carbocycles. The van der Waals surface area contributed by atoms with E-state index in [9.17, 15) is 32.4 Å². The van der Waals surface area contributed by atoms with E-state index in [1.807, 2.05) is 0 Å². The van der Waals surface area contributed by atoms with Gasteiger partial charge in [-0.15, -0.1) is 0 Å². The molecule has 0 spiro atoms. The van der Waals surface area contributed by atoms with E-state index in [-0.39, 0.29) is 50.8 Å². The first-order chi connectivity index (χ1) is 23.7. The molecule has 11 nitrogen and oxygen atoms in total. The van der Waals surface area contributed by atoms with Gasteiger partial charge in [0, 0.05) is 23.5 Å². The lowest BCUT2D eigenvalue weighted by atomic mass is 9.99. The zero-order valence-electron chi connectivity index (χ0n) is 26.7. The van der Waals surface area contributed by atoms with Crippen molar-refractivity contribution in [2.45, 2.75) is 71.3 Å². The first-order valence-corrected chi connectivity index (χ1v) is 17.8. The maximum atomic E-state index is 15.2. The number of phosphoric acid groups is 1. The molecule has 1 amide bonds. The van der Waals surface area contributed by atoms with Gasteiger partial charge in [-0.25, -0.2) is 24.0 Å². The van der Waals surface area contributed by atoms with Crippen LogP contribution in [0.4, 0.5) is 33.2 Å². The van der Waals surface area contributed by atoms with Gasteiger partial charge in [-0.3, -0.25) is 9.51 Å². The summed E-state index contributed by atoms with van der Waals surface area (Å²) in [7, 11) is -4.88. The third kappa shape index (κ3) is 10.6. The summed E-state index contributed by atoms with van der Waals surface area (Å²) in [6.07, 6.45) is 2.03. The van der Waals surface area contributed by atoms with Crippen LogP contribution in [0.5, 0.6) is 0 Å². The number of pyridine rings is 1. The number of carbonyl (C=O) groups is 2. The van der Waals surface area contributed by atoms with Crippen LogP contribution < -0.4 is 4.90 Å². The number of alkyl halides is 3. The Kier molecular flexibility index (Phi) is 13.2. The number of phosphoric ester groups is 1. The maximum absolute atomic E-state index is 15.2. The fourth-order valence-electron chi connectivity index (χ4n) is 5.07. The van der Waals surface area contributed by atoms with Crippen molar-refractivity contribution in [3.8, 4) is 11.3 Å². The first kappa shape index (κ1) is 38.6. The van der Waals surface area contributed by atoms with Crippen molar-refractivity contribution in [1.29, 1.82) is 0 Å². The number of carboxylic acid groups (broad SMARTS) is 1. The minimum Gasteiger partial charge on any atom is -0.478 e. The van der Waals surface area contributed by atoms with Gasteiger partial charge >= 0.3 is 26.1 Å². The zero-order valence-corrected chi connectivity index (χ0v) is 28.4. The van der Waals surface area contributed by atoms with E-state index in [0.717, 1.165) is 44.2 Å². The fraction of sp³-hybridized carbons (Fsp3) is 0.333. The third-order valence-corrected chi connectivity index (χ3v) is 8.79. The molecule has 0 saturated heterocycles. The highest BCUT2D eigenvalue weighted by Crippen LogP contribution is 2.40. The second-order valence-corrected chi connectivity index (χ2v) is 13.3. The van der Waals surface area contributed by atoms with Gasteiger partial charge < -0.3 is 19.6 Å². The SMILES string of the molecule is CCCCCCCCc1ccc(N(C(=O)OCc2cc(COP(=O)(O)O)ccc2C(=O)O)c2nc(-c3cccnc3)c(F)s2)cc1C(F)(F)F. The van der Waals surface area contributed by atoms with Gasteiger partial charge in [0.25, 0.3) is 0 Å². The predicted octanol–water partition coefficient (Wildman–Crippen LogP) is 9.05. The summed E-state index contributed by atoms with van der Waals surface area (Å²) in [5.41, 5.74) is -1.60. The van der Waals surface area contributed by atoms with E-state index in [4.69, 9.17) is 14.5 Å². The molecule has 2 heterocycles. The van der Waals surface area contributed by atoms with Crippen molar-refractivity contribution in [3.05, 3.63) is 93.9 Å². The molecule has 0 aliphatic heterocycles. The molecule has 4 rings (SSSR count). The maximum Gasteiger partial charge on any atom is 0.469 e. The Labute approximate surface area is 288 Å². The summed E-state index contributed by atoms with van der Waals surface area (Å²) in [5.74, 6) is -1.42. The first-order valence-electron chi connectivity index (χ1n) is 15.5. The molecular weight excluding hydrogens is 705 g/mol. The second-order valence-electron chi connectivity index (χ2n) is 11.2. The number of hydrogen-bond acceptors (Lipinski definition) is 8. The normalized spacial score (nSPS) is 11.8. The fourth-order valence-corrected chi connectivity index (χ4v) is 6.22. The van der Waals surface area contributed by atoms with Gasteiger partial charge in [-0.1, -0.05) is 62.5 Å². The Morgan fingerprint density at radius 2 is 1.72 bits per heavy atom. The van der Waals surface area contributed by atoms with Gasteiger partial charge in [0.05, 0.1) is 23.4 Å². The van der Waals surface area contributed by atoms with Crippen LogP contribution in [0.2, 0.25) is 0 Å². The number of thiazole rings is 1. The number of hydrogen-bond donors (Lipinski definition) is 3. The van der Waals surface area contributed by atoms with E-state index in [2.05, 4.69) is 21.4 Å². The summed E-state index contributed by atoms with van der Waals surface area (Å²) in [6, 6.07) is 9.84. The highest BCUT2D eigenvalue weighted by Gasteiger charge is 2.35. The molecule has 0 fully saturated rings. The smallest absolute Gasteiger partial charge is 0.469 e. The summed E-state index contributed by atoms with van der Waals surface area (Å²) < 4.78 is 79.4. The van der Waals surface area contributed by atoms with Crippen LogP contribution in [-0.2, 0) is 39.6 Å². The number of anilines is 2. The second kappa shape index (κ2) is 17.1. The van der Waals surface area contributed by atoms with Crippen LogP contribution in [0.1, 0.15) is 78.1 Å². The molecule has 268 valence electrons. The number of carbonyl (C=O) groups excluding carboxylic acids is 1. The van der Waals surface area contributed by atoms with Gasteiger partial charge in [0.1, 0.15) is 12.3 Å². The molecular formula is C33H34F4N3O8PS. The predicted molar refractivity (Wildman–Crippen MR) is 176 cm³/mol. The zero-order chi connectivity index (χ0) is 36.5. The average Bonchev–Trinajstić information content (AvgIpc) is 3.45. The Hall–Kier alpha value is -4.21. The lowest BCUT2D eigenvalue weighted by Crippen LogP contribution is -2.27. The van der Waals surface area contributed by atoms with Crippen LogP contribution >= 0.6 is 19.2 Å². The standard InChI is InChI=1S/C33H34F4N3O8PS/c1-2-3-4-5-6-7-9-22-12-13-25(17-27(22)33(35,36)37)40(31-39-28(29(34)50-31)23-10-8-15-38-18-23)32(43)47-20-24-16-21(19-48-49(44,45)46)11-14-26(24)30(41)42/h8,10-18H,2-7,9,19-20H2,1H3,(H,41,42)(H2,44,45,46). The van der Waals surface area contributed by atoms with Crippen LogP contribution in [-0.4, -0.2) is 36.9 Å². The molecule has 2 aromatic carbocycles. The highest BCUT2D eigenvalue weighted by molar-refractivity contribution is 7.46. The number of carboxylic acids is 1. The average molecular weight is 740 g/mol. The summed E-state index contributed by atoms with van der Waals surface area (Å²) in [5, 5.41) is 8.44. The van der Waals surface area contributed by atoms with Gasteiger partial charge in [0.2, 0.25) is 10.3 Å². The van der Waals surface area contributed by atoms with Crippen LogP contribution in [0.25, 0.3) is 11.3 Å². The molecule has 0 saturated carbocycles. The molecule has 0 atom stereocenters. The number of rotatable bonds is 16. The van der Waals surface area contributed by atoms with Crippen molar-refractivity contribution in [1.82, 2.24) is 9.97 Å². The molecule has 0 radical (unpaired) electrons. The Morgan fingerprint density at radius 3 is 2.38 bits per heavy atom. The number of ether oxygens (including phenoxy) is 1. The van der Waals surface area contributed by atoms with Crippen molar-refractivity contribution in [2.24, 2.45) is 0 Å². The molecule has 0 aliphatic rings. The summed E-state index contributed by atoms with van der Waals surface area (Å²) in [6.45, 7) is 0.708. The molecule has 3 N–H and O–H groups in total. The Bertz CT molecular complexity index is 1840. The number of nitrogens with zero attached hydrogens (tertiary/aromatic N) is 3. The van der Waals surface area contributed by atoms with Crippen LogP contribution in [0.15, 0.2) is 60.9 Å². The van der Waals surface area contributed by atoms with Crippen LogP contribution in [0.3, 0.4) is 0 Å². The van der Waals surface area contributed by atoms with E-state index < -0.39 is 50.0 Å². The quantitative estimate of drug-likeness (QED) is 0.0575. The molecule has 0 bridgehead atoms. The lowest BCUT2D eigenvalue weighted by Gasteiger charge is -2.22. The number of aromatic nitrogens is 2. The van der Waals surface area contributed by atoms with E-state index >= 15 is 4.39 Å². The Morgan fingerprint density at radius 1 is 0.980 bits per heavy atom. The molecule has 50 heavy (non-hydrogen) atoms. The van der Waals surface area contributed by atoms with Crippen molar-refractivity contribution in [3.63, 3.8) is 0 Å². The van der Waals surface area contributed by atoms with Gasteiger partial charge in [-0.2, -0.15) is 17.6 Å². The highest BCUT2D eigenvalue weighted by atomic mass is 32.1. The number of benzene rings is 2. The topological polar surface area (TPSA) is 159 Å². The number of amides is 1. The van der Waals surface area contributed by atoms with Gasteiger partial charge in [0.15, 0.2) is 0 Å². The number of aryl methyl sites for hydroxylation is 1. The molecule has 17 heteroatoms. The summed E-state index contributed by atoms with van der Waals surface area (Å²) in [4.78, 5) is 52.4. The van der Waals surface area contributed by atoms with Crippen molar-refractivity contribution >= 4 is 42.0 Å². The largest absolute Gasteiger partial charge is 0.478 e. The van der Waals surface area contributed by atoms with E-state index in [1.165, 1.54) is 48.8 Å². The molecule has 4 aromatic rings. The van der Waals surface area contributed by atoms with E-state index in [1.54, 1.807) is 0 Å². The minimum atomic E-state index is -4.88. The number of aromatic carboxylic acids is 1. The molecule has 0 unspecified atom stereocenters. The number of halogens is 4. The Balaban J connectivity index is 1.70. The van der Waals surface area contributed by atoms with Crippen molar-refractivity contribution in [2.75, 3.05) is 4.90 Å². The summed E-state index contributed by atoms with van der Waals surface area (Å²) >= 11 is 0.376. The van der Waals surface area contributed by atoms with Crippen molar-refractivity contribution < 1.29 is 55.9 Å².